The van der Waals surface area contributed by atoms with Crippen molar-refractivity contribution in [3.05, 3.63) is 36.0 Å². The van der Waals surface area contributed by atoms with E-state index < -0.39 is 11.7 Å². The Morgan fingerprint density at radius 1 is 1.09 bits per heavy atom. The molecule has 3 heterocycles. The molecule has 0 radical (unpaired) electrons. The van der Waals surface area contributed by atoms with Gasteiger partial charge in [0, 0.05) is 37.2 Å². The van der Waals surface area contributed by atoms with E-state index in [-0.39, 0.29) is 11.8 Å². The summed E-state index contributed by atoms with van der Waals surface area (Å²) >= 11 is 0. The van der Waals surface area contributed by atoms with Crippen LogP contribution in [-0.2, 0) is 10.9 Å². The molecule has 7 nitrogen and oxygen atoms in total. The van der Waals surface area contributed by atoms with Crippen LogP contribution in [0.4, 0.5) is 36.3 Å². The summed E-state index contributed by atoms with van der Waals surface area (Å²) < 4.78 is 45.7. The summed E-state index contributed by atoms with van der Waals surface area (Å²) in [6.45, 7) is 5.44. The average Bonchev–Trinajstić information content (AvgIpc) is 2.80. The van der Waals surface area contributed by atoms with Crippen LogP contribution in [0.25, 0.3) is 0 Å². The van der Waals surface area contributed by atoms with E-state index in [0.717, 1.165) is 57.3 Å². The van der Waals surface area contributed by atoms with E-state index in [1.807, 2.05) is 24.3 Å². The number of hydrogen-bond acceptors (Lipinski definition) is 7. The van der Waals surface area contributed by atoms with Gasteiger partial charge in [-0.15, -0.1) is 0 Å². The van der Waals surface area contributed by atoms with Crippen molar-refractivity contribution < 1.29 is 17.9 Å². The molecule has 0 atom stereocenters. The molecular formula is C22H29F3N6O. The van der Waals surface area contributed by atoms with E-state index >= 15 is 0 Å². The molecule has 2 aromatic rings. The summed E-state index contributed by atoms with van der Waals surface area (Å²) in [5, 5.41) is 9.21. The first kappa shape index (κ1) is 22.6. The highest BCUT2D eigenvalue weighted by atomic mass is 19.4. The van der Waals surface area contributed by atoms with Crippen LogP contribution in [0.3, 0.4) is 0 Å². The predicted octanol–water partition coefficient (Wildman–Crippen LogP) is 3.88. The Balaban J connectivity index is 1.42. The van der Waals surface area contributed by atoms with Crippen LogP contribution >= 0.6 is 0 Å². The van der Waals surface area contributed by atoms with Gasteiger partial charge < -0.3 is 25.6 Å². The van der Waals surface area contributed by atoms with E-state index in [9.17, 15) is 13.2 Å². The van der Waals surface area contributed by atoms with Gasteiger partial charge in [-0.1, -0.05) is 0 Å². The zero-order valence-corrected chi connectivity index (χ0v) is 17.9. The molecule has 3 N–H and O–H groups in total. The van der Waals surface area contributed by atoms with Gasteiger partial charge in [0.2, 0.25) is 5.95 Å². The van der Waals surface area contributed by atoms with E-state index in [2.05, 4.69) is 30.8 Å². The molecule has 2 saturated heterocycles. The number of alkyl halides is 3. The highest BCUT2D eigenvalue weighted by Crippen LogP contribution is 2.34. The lowest BCUT2D eigenvalue weighted by Crippen LogP contribution is -2.36. The fourth-order valence-electron chi connectivity index (χ4n) is 4.06. The Hall–Kier alpha value is -2.59. The lowest BCUT2D eigenvalue weighted by atomic mass is 9.95. The van der Waals surface area contributed by atoms with Crippen LogP contribution in [0, 0.1) is 5.92 Å². The lowest BCUT2D eigenvalue weighted by Gasteiger charge is -2.28. The van der Waals surface area contributed by atoms with Gasteiger partial charge in [0.05, 0.1) is 13.2 Å². The zero-order valence-electron chi connectivity index (χ0n) is 17.9. The van der Waals surface area contributed by atoms with Crippen LogP contribution < -0.4 is 20.9 Å². The molecule has 2 aliphatic heterocycles. The number of aromatic nitrogens is 2. The highest BCUT2D eigenvalue weighted by Gasteiger charge is 2.35. The number of anilines is 4. The molecule has 4 rings (SSSR count). The van der Waals surface area contributed by atoms with Gasteiger partial charge in [0.25, 0.3) is 0 Å². The summed E-state index contributed by atoms with van der Waals surface area (Å²) in [4.78, 5) is 10.3. The quantitative estimate of drug-likeness (QED) is 0.591. The van der Waals surface area contributed by atoms with E-state index in [1.165, 1.54) is 0 Å². The van der Waals surface area contributed by atoms with Crippen molar-refractivity contribution in [2.24, 2.45) is 5.92 Å². The van der Waals surface area contributed by atoms with Crippen molar-refractivity contribution >= 4 is 23.1 Å². The summed E-state index contributed by atoms with van der Waals surface area (Å²) in [6.07, 6.45) is -0.774. The summed E-state index contributed by atoms with van der Waals surface area (Å²) in [6, 6.07) is 7.68. The smallest absolute Gasteiger partial charge is 0.378 e. The largest absolute Gasteiger partial charge is 0.421 e. The molecule has 0 aliphatic carbocycles. The van der Waals surface area contributed by atoms with Gasteiger partial charge in [-0.3, -0.25) is 0 Å². The van der Waals surface area contributed by atoms with Crippen molar-refractivity contribution in [3.63, 3.8) is 0 Å². The number of piperidine rings is 1. The fraction of sp³-hybridized carbons (Fsp3) is 0.545. The standard InChI is InChI=1S/C22H29F3N6O/c23-22(24,25)19-15-28-21(30-20(19)27-10-7-16-5-8-26-9-6-16)29-17-1-3-18(4-2-17)31-11-13-32-14-12-31/h1-4,15-16,26H,5-14H2,(H2,27,28,29,30). The first-order chi connectivity index (χ1) is 15.5. The molecule has 0 amide bonds. The number of rotatable bonds is 7. The van der Waals surface area contributed by atoms with Gasteiger partial charge in [0.15, 0.2) is 0 Å². The SMILES string of the molecule is FC(F)(F)c1cnc(Nc2ccc(N3CCOCC3)cc2)nc1NCCC1CCNCC1. The minimum atomic E-state index is -4.52. The van der Waals surface area contributed by atoms with E-state index in [1.54, 1.807) is 0 Å². The van der Waals surface area contributed by atoms with Crippen LogP contribution in [0.15, 0.2) is 30.5 Å². The molecule has 2 fully saturated rings. The van der Waals surface area contributed by atoms with Crippen molar-refractivity contribution in [3.8, 4) is 0 Å². The molecule has 1 aromatic carbocycles. The highest BCUT2D eigenvalue weighted by molar-refractivity contribution is 5.61. The van der Waals surface area contributed by atoms with Gasteiger partial charge >= 0.3 is 6.18 Å². The Morgan fingerprint density at radius 3 is 2.50 bits per heavy atom. The van der Waals surface area contributed by atoms with Gasteiger partial charge in [-0.2, -0.15) is 18.2 Å². The third-order valence-corrected chi connectivity index (χ3v) is 5.90. The minimum absolute atomic E-state index is 0.126. The van der Waals surface area contributed by atoms with Crippen LogP contribution in [0.2, 0.25) is 0 Å². The molecule has 0 unspecified atom stereocenters. The number of benzene rings is 1. The van der Waals surface area contributed by atoms with Crippen molar-refractivity contribution in [2.45, 2.75) is 25.4 Å². The van der Waals surface area contributed by atoms with Crippen LogP contribution in [0.1, 0.15) is 24.8 Å². The monoisotopic (exact) mass is 450 g/mol. The Labute approximate surface area is 185 Å². The maximum atomic E-state index is 13.4. The molecular weight excluding hydrogens is 421 g/mol. The third kappa shape index (κ3) is 6.01. The normalized spacial score (nSPS) is 17.9. The number of nitrogens with zero attached hydrogens (tertiary/aromatic N) is 3. The lowest BCUT2D eigenvalue weighted by molar-refractivity contribution is -0.137. The van der Waals surface area contributed by atoms with Gasteiger partial charge in [-0.05, 0) is 62.5 Å². The van der Waals surface area contributed by atoms with E-state index in [0.29, 0.717) is 31.4 Å². The van der Waals surface area contributed by atoms with Gasteiger partial charge in [0.1, 0.15) is 11.4 Å². The summed E-state index contributed by atoms with van der Waals surface area (Å²) in [5.41, 5.74) is 0.936. The van der Waals surface area contributed by atoms with Crippen molar-refractivity contribution in [2.75, 3.05) is 61.5 Å². The Kier molecular flexibility index (Phi) is 7.31. The summed E-state index contributed by atoms with van der Waals surface area (Å²) in [7, 11) is 0. The number of halogens is 3. The second kappa shape index (κ2) is 10.4. The molecule has 0 saturated carbocycles. The molecule has 1 aromatic heterocycles. The van der Waals surface area contributed by atoms with Crippen molar-refractivity contribution in [1.29, 1.82) is 0 Å². The number of ether oxygens (including phenoxy) is 1. The first-order valence-electron chi connectivity index (χ1n) is 11.1. The van der Waals surface area contributed by atoms with Crippen LogP contribution in [-0.4, -0.2) is 55.9 Å². The molecule has 10 heteroatoms. The molecule has 0 bridgehead atoms. The topological polar surface area (TPSA) is 74.3 Å². The van der Waals surface area contributed by atoms with E-state index in [4.69, 9.17) is 4.74 Å². The molecule has 32 heavy (non-hydrogen) atoms. The molecule has 0 spiro atoms. The average molecular weight is 451 g/mol. The fourth-order valence-corrected chi connectivity index (χ4v) is 4.06. The maximum absolute atomic E-state index is 13.4. The summed E-state index contributed by atoms with van der Waals surface area (Å²) in [5.74, 6) is 0.456. The molecule has 174 valence electrons. The molecule has 2 aliphatic rings. The maximum Gasteiger partial charge on any atom is 0.421 e. The second-order valence-corrected chi connectivity index (χ2v) is 8.13. The number of morpholine rings is 1. The third-order valence-electron chi connectivity index (χ3n) is 5.90. The second-order valence-electron chi connectivity index (χ2n) is 8.13. The Bertz CT molecular complexity index is 865. The number of hydrogen-bond donors (Lipinski definition) is 3. The predicted molar refractivity (Wildman–Crippen MR) is 118 cm³/mol. The van der Waals surface area contributed by atoms with Crippen LogP contribution in [0.5, 0.6) is 0 Å². The van der Waals surface area contributed by atoms with Gasteiger partial charge in [-0.25, -0.2) is 4.98 Å². The minimum Gasteiger partial charge on any atom is -0.378 e. The van der Waals surface area contributed by atoms with Crippen molar-refractivity contribution in [1.82, 2.24) is 15.3 Å². The first-order valence-corrected chi connectivity index (χ1v) is 11.1. The zero-order chi connectivity index (χ0) is 22.4. The Morgan fingerprint density at radius 2 is 1.81 bits per heavy atom. The number of nitrogens with one attached hydrogen (secondary N) is 3.